The molecule has 0 aliphatic carbocycles. The number of nitrogens with one attached hydrogen (secondary N) is 1. The van der Waals surface area contributed by atoms with E-state index in [2.05, 4.69) is 15.3 Å². The summed E-state index contributed by atoms with van der Waals surface area (Å²) >= 11 is 5.68. The third-order valence-electron chi connectivity index (χ3n) is 2.75. The van der Waals surface area contributed by atoms with Crippen LogP contribution in [0.4, 0.5) is 15.9 Å². The van der Waals surface area contributed by atoms with Gasteiger partial charge in [-0.15, -0.1) is 0 Å². The van der Waals surface area contributed by atoms with Gasteiger partial charge < -0.3 is 10.2 Å². The Hall–Kier alpha value is -2.21. The van der Waals surface area contributed by atoms with Crippen LogP contribution in [0.1, 0.15) is 10.4 Å². The monoisotopic (exact) mass is 294 g/mol. The average molecular weight is 295 g/mol. The van der Waals surface area contributed by atoms with E-state index < -0.39 is 5.82 Å². The standard InChI is InChI=1S/C13H12ClFN4O/c1-16-12(20)8-5-3-4-6-10(8)19(2)11-9(15)7-17-13(14)18-11/h3-7H,1-2H3,(H,16,20). The minimum atomic E-state index is -0.622. The Balaban J connectivity index is 2.51. The van der Waals surface area contributed by atoms with E-state index in [1.54, 1.807) is 31.3 Å². The Morgan fingerprint density at radius 3 is 2.80 bits per heavy atom. The van der Waals surface area contributed by atoms with Gasteiger partial charge in [0.2, 0.25) is 5.28 Å². The van der Waals surface area contributed by atoms with Gasteiger partial charge in [0, 0.05) is 14.1 Å². The first-order valence-corrected chi connectivity index (χ1v) is 6.15. The van der Waals surface area contributed by atoms with Crippen molar-refractivity contribution in [2.24, 2.45) is 0 Å². The minimum absolute atomic E-state index is 0.00125. The maximum Gasteiger partial charge on any atom is 0.253 e. The third-order valence-corrected chi connectivity index (χ3v) is 2.93. The second-order valence-corrected chi connectivity index (χ2v) is 4.30. The van der Waals surface area contributed by atoms with E-state index in [1.807, 2.05) is 0 Å². The highest BCUT2D eigenvalue weighted by molar-refractivity contribution is 6.28. The van der Waals surface area contributed by atoms with Crippen molar-refractivity contribution in [1.29, 1.82) is 0 Å². The molecule has 104 valence electrons. The topological polar surface area (TPSA) is 58.1 Å². The Kier molecular flexibility index (Phi) is 4.14. The smallest absolute Gasteiger partial charge is 0.253 e. The molecule has 0 bridgehead atoms. The van der Waals surface area contributed by atoms with Crippen LogP contribution in [0.3, 0.4) is 0 Å². The molecular weight excluding hydrogens is 283 g/mol. The van der Waals surface area contributed by atoms with Gasteiger partial charge in [-0.1, -0.05) is 12.1 Å². The van der Waals surface area contributed by atoms with E-state index in [0.717, 1.165) is 6.20 Å². The lowest BCUT2D eigenvalue weighted by Gasteiger charge is -2.21. The second kappa shape index (κ2) is 5.83. The summed E-state index contributed by atoms with van der Waals surface area (Å²) in [6.07, 6.45) is 0.990. The lowest BCUT2D eigenvalue weighted by molar-refractivity contribution is 0.0963. The van der Waals surface area contributed by atoms with Crippen molar-refractivity contribution in [2.75, 3.05) is 19.0 Å². The number of carbonyl (C=O) groups excluding carboxylic acids is 1. The first-order chi connectivity index (χ1) is 9.54. The molecule has 1 N–H and O–H groups in total. The highest BCUT2D eigenvalue weighted by Gasteiger charge is 2.18. The number of halogens is 2. The van der Waals surface area contributed by atoms with Crippen molar-refractivity contribution >= 4 is 29.0 Å². The summed E-state index contributed by atoms with van der Waals surface area (Å²) in [6.45, 7) is 0. The normalized spacial score (nSPS) is 10.2. The van der Waals surface area contributed by atoms with E-state index >= 15 is 0 Å². The number of hydrogen-bond donors (Lipinski definition) is 1. The van der Waals surface area contributed by atoms with E-state index in [0.29, 0.717) is 11.3 Å². The van der Waals surface area contributed by atoms with Crippen molar-refractivity contribution in [1.82, 2.24) is 15.3 Å². The Bertz CT molecular complexity index is 650. The Morgan fingerprint density at radius 1 is 1.40 bits per heavy atom. The fourth-order valence-corrected chi connectivity index (χ4v) is 1.91. The van der Waals surface area contributed by atoms with Gasteiger partial charge in [0.15, 0.2) is 11.6 Å². The maximum atomic E-state index is 13.8. The molecule has 7 heteroatoms. The van der Waals surface area contributed by atoms with Crippen molar-refractivity contribution in [2.45, 2.75) is 0 Å². The zero-order chi connectivity index (χ0) is 14.7. The van der Waals surface area contributed by atoms with Crippen LogP contribution in [-0.2, 0) is 0 Å². The van der Waals surface area contributed by atoms with E-state index in [9.17, 15) is 9.18 Å². The first kappa shape index (κ1) is 14.2. The number of aromatic nitrogens is 2. The molecule has 20 heavy (non-hydrogen) atoms. The van der Waals surface area contributed by atoms with Gasteiger partial charge in [-0.25, -0.2) is 9.37 Å². The number of benzene rings is 1. The van der Waals surface area contributed by atoms with Crippen LogP contribution in [0.25, 0.3) is 0 Å². The van der Waals surface area contributed by atoms with Crippen LogP contribution in [0.2, 0.25) is 5.28 Å². The number of anilines is 2. The first-order valence-electron chi connectivity index (χ1n) is 5.77. The molecule has 0 fully saturated rings. The van der Waals surface area contributed by atoms with Crippen molar-refractivity contribution in [3.63, 3.8) is 0 Å². The molecule has 0 saturated heterocycles. The maximum absolute atomic E-state index is 13.8. The van der Waals surface area contributed by atoms with Gasteiger partial charge in [0.1, 0.15) is 0 Å². The van der Waals surface area contributed by atoms with Crippen LogP contribution in [0, 0.1) is 5.82 Å². The molecule has 2 rings (SSSR count). The molecule has 0 unspecified atom stereocenters. The molecule has 0 aliphatic rings. The van der Waals surface area contributed by atoms with Gasteiger partial charge in [0.05, 0.1) is 17.4 Å². The molecular formula is C13H12ClFN4O. The number of nitrogens with zero attached hydrogens (tertiary/aromatic N) is 3. The van der Waals surface area contributed by atoms with Crippen LogP contribution < -0.4 is 10.2 Å². The molecule has 0 saturated carbocycles. The number of hydrogen-bond acceptors (Lipinski definition) is 4. The van der Waals surface area contributed by atoms with Gasteiger partial charge >= 0.3 is 0 Å². The number of amides is 1. The highest BCUT2D eigenvalue weighted by atomic mass is 35.5. The number of rotatable bonds is 3. The fraction of sp³-hybridized carbons (Fsp3) is 0.154. The van der Waals surface area contributed by atoms with Gasteiger partial charge in [0.25, 0.3) is 5.91 Å². The molecule has 5 nitrogen and oxygen atoms in total. The van der Waals surface area contributed by atoms with E-state index in [1.165, 1.54) is 11.9 Å². The van der Waals surface area contributed by atoms with Crippen LogP contribution in [-0.4, -0.2) is 30.0 Å². The van der Waals surface area contributed by atoms with Crippen LogP contribution in [0.15, 0.2) is 30.5 Å². The zero-order valence-corrected chi connectivity index (χ0v) is 11.6. The molecule has 0 atom stereocenters. The van der Waals surface area contributed by atoms with Gasteiger partial charge in [-0.2, -0.15) is 4.98 Å². The van der Waals surface area contributed by atoms with Crippen molar-refractivity contribution < 1.29 is 9.18 Å². The fourth-order valence-electron chi connectivity index (χ4n) is 1.78. The van der Waals surface area contributed by atoms with Crippen LogP contribution >= 0.6 is 11.6 Å². The summed E-state index contributed by atoms with van der Waals surface area (Å²) in [6, 6.07) is 6.82. The zero-order valence-electron chi connectivity index (χ0n) is 10.9. The SMILES string of the molecule is CNC(=O)c1ccccc1N(C)c1nc(Cl)ncc1F. The predicted octanol–water partition coefficient (Wildman–Crippen LogP) is 2.40. The minimum Gasteiger partial charge on any atom is -0.355 e. The van der Waals surface area contributed by atoms with Crippen molar-refractivity contribution in [3.05, 3.63) is 47.1 Å². The van der Waals surface area contributed by atoms with Crippen molar-refractivity contribution in [3.8, 4) is 0 Å². The third kappa shape index (κ3) is 2.70. The molecule has 0 spiro atoms. The molecule has 0 radical (unpaired) electrons. The molecule has 1 heterocycles. The lowest BCUT2D eigenvalue weighted by atomic mass is 10.1. The summed E-state index contributed by atoms with van der Waals surface area (Å²) in [7, 11) is 3.13. The summed E-state index contributed by atoms with van der Waals surface area (Å²) in [5.74, 6) is -0.891. The summed E-state index contributed by atoms with van der Waals surface area (Å²) in [5, 5.41) is 2.47. The summed E-state index contributed by atoms with van der Waals surface area (Å²) in [5.41, 5.74) is 0.923. The molecule has 1 aromatic carbocycles. The van der Waals surface area contributed by atoms with E-state index in [-0.39, 0.29) is 17.0 Å². The van der Waals surface area contributed by atoms with Gasteiger partial charge in [-0.05, 0) is 23.7 Å². The lowest BCUT2D eigenvalue weighted by Crippen LogP contribution is -2.22. The highest BCUT2D eigenvalue weighted by Crippen LogP contribution is 2.27. The summed E-state index contributed by atoms with van der Waals surface area (Å²) < 4.78 is 13.8. The Morgan fingerprint density at radius 2 is 2.10 bits per heavy atom. The Labute approximate surface area is 120 Å². The quantitative estimate of drug-likeness (QED) is 0.883. The van der Waals surface area contributed by atoms with Gasteiger partial charge in [-0.3, -0.25) is 4.79 Å². The molecule has 1 aromatic heterocycles. The molecule has 2 aromatic rings. The number of para-hydroxylation sites is 1. The molecule has 0 aliphatic heterocycles. The number of carbonyl (C=O) groups is 1. The predicted molar refractivity (Wildman–Crippen MR) is 74.9 cm³/mol. The van der Waals surface area contributed by atoms with E-state index in [4.69, 9.17) is 11.6 Å². The molecule has 1 amide bonds. The largest absolute Gasteiger partial charge is 0.355 e. The second-order valence-electron chi connectivity index (χ2n) is 3.97. The summed E-state index contributed by atoms with van der Waals surface area (Å²) in [4.78, 5) is 20.7. The average Bonchev–Trinajstić information content (AvgIpc) is 2.48. The van der Waals surface area contributed by atoms with Crippen LogP contribution in [0.5, 0.6) is 0 Å².